The highest BCUT2D eigenvalue weighted by Gasteiger charge is 2.18. The van der Waals surface area contributed by atoms with Gasteiger partial charge in [0.05, 0.1) is 18.7 Å². The Morgan fingerprint density at radius 1 is 0.935 bits per heavy atom. The number of hydrogen-bond donors (Lipinski definition) is 1. The van der Waals surface area contributed by atoms with Crippen LogP contribution in [0.25, 0.3) is 0 Å². The molecule has 0 aliphatic carbocycles. The molecule has 1 N–H and O–H groups in total. The summed E-state index contributed by atoms with van der Waals surface area (Å²) < 4.78 is 5.07. The average Bonchev–Trinajstić information content (AvgIpc) is 2.85. The number of hydrogen-bond acceptors (Lipinski definition) is 6. The lowest BCUT2D eigenvalue weighted by molar-refractivity contribution is 0.102. The fraction of sp³-hybridized carbons (Fsp3) is 0.208. The van der Waals surface area contributed by atoms with E-state index in [0.29, 0.717) is 17.1 Å². The maximum absolute atomic E-state index is 12.4. The first-order chi connectivity index (χ1) is 15.2. The van der Waals surface area contributed by atoms with Gasteiger partial charge in [-0.25, -0.2) is 4.98 Å². The molecule has 7 heteroatoms. The van der Waals surface area contributed by atoms with Crippen LogP contribution in [0.3, 0.4) is 0 Å². The van der Waals surface area contributed by atoms with Gasteiger partial charge in [-0.3, -0.25) is 4.79 Å². The summed E-state index contributed by atoms with van der Waals surface area (Å²) in [5, 5.41) is 11.8. The largest absolute Gasteiger partial charge is 0.481 e. The number of nitrogens with zero attached hydrogens (tertiary/aromatic N) is 4. The van der Waals surface area contributed by atoms with Gasteiger partial charge in [-0.05, 0) is 54.6 Å². The van der Waals surface area contributed by atoms with E-state index in [0.717, 1.165) is 43.2 Å². The Bertz CT molecular complexity index is 1080. The molecule has 2 aromatic carbocycles. The van der Waals surface area contributed by atoms with Crippen molar-refractivity contribution >= 4 is 23.0 Å². The van der Waals surface area contributed by atoms with Gasteiger partial charge < -0.3 is 19.9 Å². The third-order valence-corrected chi connectivity index (χ3v) is 5.30. The molecule has 1 amide bonds. The van der Waals surface area contributed by atoms with Crippen LogP contribution >= 0.6 is 0 Å². The van der Waals surface area contributed by atoms with Crippen LogP contribution in [-0.2, 0) is 0 Å². The number of methoxy groups -OCH3 is 1. The highest BCUT2D eigenvalue weighted by atomic mass is 16.5. The predicted octanol–water partition coefficient (Wildman–Crippen LogP) is 3.54. The number of aromatic nitrogens is 1. The van der Waals surface area contributed by atoms with Crippen LogP contribution in [0, 0.1) is 11.3 Å². The molecule has 31 heavy (non-hydrogen) atoms. The maximum atomic E-state index is 12.4. The van der Waals surface area contributed by atoms with E-state index in [-0.39, 0.29) is 5.91 Å². The van der Waals surface area contributed by atoms with Crippen LogP contribution in [0.1, 0.15) is 16.1 Å². The Labute approximate surface area is 181 Å². The molecule has 0 atom stereocenters. The molecule has 2 heterocycles. The minimum Gasteiger partial charge on any atom is -0.481 e. The molecular weight excluding hydrogens is 390 g/mol. The van der Waals surface area contributed by atoms with Crippen LogP contribution in [-0.4, -0.2) is 44.2 Å². The first kappa shape index (κ1) is 20.2. The second-order valence-electron chi connectivity index (χ2n) is 7.20. The SMILES string of the molecule is COc1cccc(C(=O)Nc2ccc(N3CCN(c4ccc(C#N)cc4)CC3)cc2)n1. The standard InChI is InChI=1S/C24H23N5O2/c1-31-23-4-2-3-22(27-23)24(30)26-19-7-11-21(12-8-19)29-15-13-28(14-16-29)20-9-5-18(17-25)6-10-20/h2-12H,13-16H2,1H3,(H,26,30). The van der Waals surface area contributed by atoms with Gasteiger partial charge in [0, 0.05) is 49.3 Å². The molecule has 0 saturated carbocycles. The summed E-state index contributed by atoms with van der Waals surface area (Å²) in [6, 6.07) is 22.8. The molecule has 0 radical (unpaired) electrons. The fourth-order valence-electron chi connectivity index (χ4n) is 3.58. The van der Waals surface area contributed by atoms with Crippen molar-refractivity contribution in [2.45, 2.75) is 0 Å². The zero-order valence-corrected chi connectivity index (χ0v) is 17.3. The number of nitriles is 1. The fourth-order valence-corrected chi connectivity index (χ4v) is 3.58. The molecule has 0 unspecified atom stereocenters. The third-order valence-electron chi connectivity index (χ3n) is 5.30. The van der Waals surface area contributed by atoms with Gasteiger partial charge in [-0.1, -0.05) is 6.07 Å². The lowest BCUT2D eigenvalue weighted by Crippen LogP contribution is -2.46. The van der Waals surface area contributed by atoms with E-state index in [1.807, 2.05) is 48.5 Å². The Balaban J connectivity index is 1.34. The van der Waals surface area contributed by atoms with Gasteiger partial charge in [0.25, 0.3) is 5.91 Å². The Morgan fingerprint density at radius 2 is 1.52 bits per heavy atom. The molecule has 1 fully saturated rings. The first-order valence-corrected chi connectivity index (χ1v) is 10.1. The second-order valence-corrected chi connectivity index (χ2v) is 7.20. The van der Waals surface area contributed by atoms with Crippen LogP contribution in [0.4, 0.5) is 17.1 Å². The molecule has 0 bridgehead atoms. The predicted molar refractivity (Wildman–Crippen MR) is 121 cm³/mol. The summed E-state index contributed by atoms with van der Waals surface area (Å²) in [4.78, 5) is 21.2. The minimum absolute atomic E-state index is 0.275. The normalized spacial score (nSPS) is 13.4. The van der Waals surface area contributed by atoms with Gasteiger partial charge >= 0.3 is 0 Å². The summed E-state index contributed by atoms with van der Waals surface area (Å²) in [6.07, 6.45) is 0. The Morgan fingerprint density at radius 3 is 2.06 bits per heavy atom. The Hall–Kier alpha value is -4.05. The number of piperazine rings is 1. The van der Waals surface area contributed by atoms with Crippen LogP contribution < -0.4 is 19.9 Å². The molecule has 1 aromatic heterocycles. The van der Waals surface area contributed by atoms with E-state index in [1.54, 1.807) is 18.2 Å². The van der Waals surface area contributed by atoms with E-state index in [9.17, 15) is 4.79 Å². The van der Waals surface area contributed by atoms with Crippen molar-refractivity contribution in [2.75, 3.05) is 48.4 Å². The highest BCUT2D eigenvalue weighted by Crippen LogP contribution is 2.23. The summed E-state index contributed by atoms with van der Waals surface area (Å²) >= 11 is 0. The molecule has 4 rings (SSSR count). The highest BCUT2D eigenvalue weighted by molar-refractivity contribution is 6.03. The van der Waals surface area contributed by atoms with Crippen LogP contribution in [0.5, 0.6) is 5.88 Å². The van der Waals surface area contributed by atoms with Crippen LogP contribution in [0.2, 0.25) is 0 Å². The van der Waals surface area contributed by atoms with Crippen molar-refractivity contribution in [1.29, 1.82) is 5.26 Å². The number of amides is 1. The summed E-state index contributed by atoms with van der Waals surface area (Å²) in [6.45, 7) is 3.62. The van der Waals surface area contributed by atoms with Crippen molar-refractivity contribution in [3.8, 4) is 11.9 Å². The number of rotatable bonds is 5. The number of pyridine rings is 1. The second kappa shape index (κ2) is 9.18. The lowest BCUT2D eigenvalue weighted by Gasteiger charge is -2.37. The van der Waals surface area contributed by atoms with E-state index in [2.05, 4.69) is 26.2 Å². The molecule has 1 saturated heterocycles. The van der Waals surface area contributed by atoms with Crippen molar-refractivity contribution in [1.82, 2.24) is 4.98 Å². The molecule has 1 aliphatic heterocycles. The minimum atomic E-state index is -0.275. The average molecular weight is 413 g/mol. The van der Waals surface area contributed by atoms with Gasteiger partial charge in [-0.15, -0.1) is 0 Å². The molecule has 3 aromatic rings. The van der Waals surface area contributed by atoms with E-state index in [4.69, 9.17) is 10.00 Å². The molecular formula is C24H23N5O2. The van der Waals surface area contributed by atoms with Crippen LogP contribution in [0.15, 0.2) is 66.7 Å². The van der Waals surface area contributed by atoms with Crippen molar-refractivity contribution in [3.63, 3.8) is 0 Å². The topological polar surface area (TPSA) is 81.5 Å². The quantitative estimate of drug-likeness (QED) is 0.689. The molecule has 1 aliphatic rings. The number of ether oxygens (including phenoxy) is 1. The number of anilines is 3. The van der Waals surface area contributed by atoms with Crippen molar-refractivity contribution in [3.05, 3.63) is 78.0 Å². The summed E-state index contributed by atoms with van der Waals surface area (Å²) in [5.74, 6) is 0.130. The number of carbonyl (C=O) groups is 1. The zero-order chi connectivity index (χ0) is 21.6. The Kier molecular flexibility index (Phi) is 5.99. The van der Waals surface area contributed by atoms with E-state index < -0.39 is 0 Å². The smallest absolute Gasteiger partial charge is 0.274 e. The third kappa shape index (κ3) is 4.75. The first-order valence-electron chi connectivity index (χ1n) is 10.1. The van der Waals surface area contributed by atoms with E-state index in [1.165, 1.54) is 7.11 Å². The van der Waals surface area contributed by atoms with Gasteiger partial charge in [-0.2, -0.15) is 5.26 Å². The lowest BCUT2D eigenvalue weighted by atomic mass is 10.2. The number of carbonyl (C=O) groups excluding carboxylic acids is 1. The van der Waals surface area contributed by atoms with Crippen molar-refractivity contribution < 1.29 is 9.53 Å². The number of benzene rings is 2. The van der Waals surface area contributed by atoms with Crippen molar-refractivity contribution in [2.24, 2.45) is 0 Å². The molecule has 0 spiro atoms. The summed E-state index contributed by atoms with van der Waals surface area (Å²) in [7, 11) is 1.52. The van der Waals surface area contributed by atoms with Gasteiger partial charge in [0.2, 0.25) is 5.88 Å². The zero-order valence-electron chi connectivity index (χ0n) is 17.3. The monoisotopic (exact) mass is 413 g/mol. The molecule has 7 nitrogen and oxygen atoms in total. The molecule has 156 valence electrons. The van der Waals surface area contributed by atoms with E-state index >= 15 is 0 Å². The van der Waals surface area contributed by atoms with Gasteiger partial charge in [0.15, 0.2) is 0 Å². The summed E-state index contributed by atoms with van der Waals surface area (Å²) in [5.41, 5.74) is 3.97. The maximum Gasteiger partial charge on any atom is 0.274 e. The van der Waals surface area contributed by atoms with Gasteiger partial charge in [0.1, 0.15) is 5.69 Å². The number of nitrogens with one attached hydrogen (secondary N) is 1.